The van der Waals surface area contributed by atoms with Crippen LogP contribution in [0.1, 0.15) is 81.6 Å². The molecule has 0 spiro atoms. The normalized spacial score (nSPS) is 22.1. The van der Waals surface area contributed by atoms with Gasteiger partial charge in [-0.15, -0.1) is 12.6 Å². The summed E-state index contributed by atoms with van der Waals surface area (Å²) >= 11 is -0.211. The molecule has 0 saturated carbocycles. The van der Waals surface area contributed by atoms with Crippen molar-refractivity contribution in [2.45, 2.75) is 98.2 Å². The first-order chi connectivity index (χ1) is 28.5. The van der Waals surface area contributed by atoms with Gasteiger partial charge >= 0.3 is 70.0 Å². The van der Waals surface area contributed by atoms with Crippen LogP contribution in [0.15, 0.2) is 135 Å². The first kappa shape index (κ1) is 54.3. The minimum absolute atomic E-state index is 0.0631. The number of allylic oxidation sites excluding steroid dienone is 11. The van der Waals surface area contributed by atoms with E-state index in [1.807, 2.05) is 34.4 Å². The Morgan fingerprint density at radius 1 is 0.517 bits per heavy atom. The molecule has 344 valence electrons. The van der Waals surface area contributed by atoms with Crippen molar-refractivity contribution < 1.29 is 31.9 Å². The third-order valence-corrected chi connectivity index (χ3v) is 9.38. The van der Waals surface area contributed by atoms with Crippen LogP contribution in [-0.4, -0.2) is 72.4 Å². The van der Waals surface area contributed by atoms with Crippen LogP contribution in [0.4, 0.5) is 0 Å². The van der Waals surface area contributed by atoms with Gasteiger partial charge in [0, 0.05) is 23.2 Å². The van der Waals surface area contributed by atoms with Crippen LogP contribution in [0.25, 0.3) is 10.9 Å². The van der Waals surface area contributed by atoms with E-state index in [0.29, 0.717) is 17.8 Å². The van der Waals surface area contributed by atoms with Crippen molar-refractivity contribution in [2.24, 2.45) is 17.8 Å². The summed E-state index contributed by atoms with van der Waals surface area (Å²) in [7, 11) is 19.3. The summed E-state index contributed by atoms with van der Waals surface area (Å²) in [5, 5.41) is 7.95. The van der Waals surface area contributed by atoms with E-state index in [9.17, 15) is 0 Å². The second-order valence-electron chi connectivity index (χ2n) is 17.6. The first-order valence-corrected chi connectivity index (χ1v) is 28.2. The van der Waals surface area contributed by atoms with E-state index in [1.54, 1.807) is 6.20 Å². The van der Waals surface area contributed by atoms with E-state index in [4.69, 9.17) is 38.1 Å². The van der Waals surface area contributed by atoms with Crippen LogP contribution in [-0.2, 0) is 31.9 Å². The van der Waals surface area contributed by atoms with Crippen LogP contribution in [0.5, 0.6) is 0 Å². The van der Waals surface area contributed by atoms with Crippen LogP contribution in [0, 0.1) is 31.1 Å². The fraction of sp³-hybridized carbons (Fsp3) is 0.478. The molecule has 0 bridgehead atoms. The molecule has 0 N–H and O–H groups in total. The van der Waals surface area contributed by atoms with Crippen molar-refractivity contribution >= 4 is 38.1 Å². The molecule has 0 aromatic rings. The summed E-state index contributed by atoms with van der Waals surface area (Å²) in [5.74, 6) is 1.87. The quantitative estimate of drug-likeness (QED) is 0.195. The van der Waals surface area contributed by atoms with Gasteiger partial charge in [-0.1, -0.05) is 85.1 Å². The Bertz CT molecular complexity index is 1360. The standard InChI is InChI=1S/2C14H21N2.C13H20N3.C5H6N.4ClH.2Pd/c2*1-14(2,3)16-10-9-15(12-16)11-13-7-5-4-6-8-13;1-13(2,3)16-10-9-15(14-16)11-12-7-5-4-6-8-12;1-2-4-6-5-3-1;;;;;;/h2*4-7,9-10,12-13H,8,11H2,1-3H3;4-7,9-10,12H,8,11H2,1-3H3;1-4H,5H2;4*1H;;/q4*-1;;;;;2*+2/p-4/t2*13-;12-;;;;;;;/m110......./s1. The Hall–Kier alpha value is -1.82. The molecular weight excluding hydrogens is 1020 g/mol. The molecule has 3 aliphatic carbocycles. The van der Waals surface area contributed by atoms with E-state index in [2.05, 4.69) is 210 Å². The van der Waals surface area contributed by atoms with Gasteiger partial charge < -0.3 is 40.5 Å². The number of nitrogens with zero attached hydrogens (tertiary/aromatic N) is 8. The molecule has 0 amide bonds. The molecule has 60 heavy (non-hydrogen) atoms. The Morgan fingerprint density at radius 2 is 0.933 bits per heavy atom. The van der Waals surface area contributed by atoms with Crippen molar-refractivity contribution in [1.82, 2.24) is 29.6 Å². The number of hydrogen-bond donors (Lipinski definition) is 0. The molecule has 0 fully saturated rings. The zero-order valence-electron chi connectivity index (χ0n) is 36.8. The van der Waals surface area contributed by atoms with Gasteiger partial charge in [0.1, 0.15) is 0 Å². The van der Waals surface area contributed by atoms with Crippen LogP contribution < -0.4 is 0 Å². The molecule has 0 unspecified atom stereocenters. The minimum atomic E-state index is -0.106. The Balaban J connectivity index is 0.000000273. The third kappa shape index (κ3) is 23.6. The van der Waals surface area contributed by atoms with Gasteiger partial charge in [0.05, 0.1) is 0 Å². The van der Waals surface area contributed by atoms with Gasteiger partial charge in [0.25, 0.3) is 0 Å². The summed E-state index contributed by atoms with van der Waals surface area (Å²) < 4.78 is 0. The van der Waals surface area contributed by atoms with Gasteiger partial charge in [-0.3, -0.25) is 0 Å². The summed E-state index contributed by atoms with van der Waals surface area (Å²) in [6.45, 7) is 28.2. The molecule has 0 aromatic heterocycles. The maximum atomic E-state index is 4.81. The maximum absolute atomic E-state index is 4.81. The predicted molar refractivity (Wildman–Crippen MR) is 253 cm³/mol. The molecule has 4 aliphatic heterocycles. The summed E-state index contributed by atoms with van der Waals surface area (Å²) in [5.41, 5.74) is 4.96. The summed E-state index contributed by atoms with van der Waals surface area (Å²) in [6.07, 6.45) is 50.2. The van der Waals surface area contributed by atoms with Crippen molar-refractivity contribution in [3.8, 4) is 0 Å². The average molecular weight is 1090 g/mol. The molecular formula is C46H68Cl4N8Pd2-4. The zero-order valence-corrected chi connectivity index (χ0v) is 42.9. The predicted octanol–water partition coefficient (Wildman–Crippen LogP) is 13.7. The number of halogens is 4. The summed E-state index contributed by atoms with van der Waals surface area (Å²) in [6, 6.07) is 0. The van der Waals surface area contributed by atoms with Gasteiger partial charge in [-0.2, -0.15) is 19.5 Å². The molecule has 3 atom stereocenters. The van der Waals surface area contributed by atoms with E-state index in [-0.39, 0.29) is 48.5 Å². The average Bonchev–Trinajstić information content (AvgIpc) is 4.01. The Labute approximate surface area is 397 Å². The number of hydrogen-bond acceptors (Lipinski definition) is 6. The van der Waals surface area contributed by atoms with Gasteiger partial charge in [-0.05, 0) is 150 Å². The second-order valence-corrected chi connectivity index (χ2v) is 22.3. The monoisotopic (exact) mass is 1080 g/mol. The van der Waals surface area contributed by atoms with Crippen molar-refractivity contribution in [3.05, 3.63) is 159 Å². The molecule has 7 aliphatic rings. The van der Waals surface area contributed by atoms with Crippen LogP contribution in [0.2, 0.25) is 0 Å². The fourth-order valence-electron chi connectivity index (χ4n) is 6.03. The van der Waals surface area contributed by atoms with Crippen molar-refractivity contribution in [3.63, 3.8) is 0 Å². The van der Waals surface area contributed by atoms with Gasteiger partial charge in [-0.25, -0.2) is 0 Å². The van der Waals surface area contributed by atoms with E-state index in [0.717, 1.165) is 45.4 Å². The molecule has 7 rings (SSSR count). The first-order valence-electron chi connectivity index (χ1n) is 20.2. The molecule has 14 heteroatoms. The fourth-order valence-corrected chi connectivity index (χ4v) is 6.03. The molecule has 0 saturated heterocycles. The van der Waals surface area contributed by atoms with Gasteiger partial charge in [0.15, 0.2) is 0 Å². The molecule has 4 heterocycles. The Kier molecular flexibility index (Phi) is 26.7. The molecule has 0 aromatic carbocycles. The van der Waals surface area contributed by atoms with Crippen LogP contribution >= 0.6 is 38.1 Å². The molecule has 8 nitrogen and oxygen atoms in total. The third-order valence-electron chi connectivity index (χ3n) is 9.38. The second kappa shape index (κ2) is 29.5. The van der Waals surface area contributed by atoms with Gasteiger partial charge in [0.2, 0.25) is 0 Å². The van der Waals surface area contributed by atoms with Crippen LogP contribution in [0.3, 0.4) is 0 Å². The van der Waals surface area contributed by atoms with E-state index < -0.39 is 0 Å². The topological polar surface area (TPSA) is 47.6 Å². The van der Waals surface area contributed by atoms with E-state index >= 15 is 0 Å². The van der Waals surface area contributed by atoms with Crippen molar-refractivity contribution in [2.75, 3.05) is 26.2 Å². The Morgan fingerprint density at radius 3 is 1.20 bits per heavy atom. The SMILES string of the molecule is C1=CC[N-]C=C1.CC(C)(C)N1C=CN(C[C@@H]2C=CC=CC2)[CH-]1.CC(C)(C)N1C=CN(C[C@@H]2C=CC=CC2)[CH-]1.CC(C)(C)N1C=CN(C[C@H]2C=CC=CC2)[N-]1.[Cl][Pd][Cl].[Cl][Pd][Cl]. The van der Waals surface area contributed by atoms with Crippen molar-refractivity contribution in [1.29, 1.82) is 0 Å². The van der Waals surface area contributed by atoms with E-state index in [1.165, 1.54) is 0 Å². The molecule has 0 radical (unpaired) electrons. The number of rotatable bonds is 6. The summed E-state index contributed by atoms with van der Waals surface area (Å²) in [4.78, 5) is 9.07. The zero-order chi connectivity index (χ0) is 44.4.